The number of carbonyl (C=O) groups is 4. The Hall–Kier alpha value is -4.81. The third kappa shape index (κ3) is 5.86. The first kappa shape index (κ1) is 30.6. The lowest BCUT2D eigenvalue weighted by atomic mass is 9.90. The summed E-state index contributed by atoms with van der Waals surface area (Å²) in [6.07, 6.45) is 0.351. The van der Waals surface area contributed by atoms with Crippen LogP contribution in [0.15, 0.2) is 48.5 Å². The third-order valence-electron chi connectivity index (χ3n) is 8.18. The van der Waals surface area contributed by atoms with Gasteiger partial charge in [0.1, 0.15) is 11.6 Å². The molecule has 2 atom stereocenters. The predicted octanol–water partition coefficient (Wildman–Crippen LogP) is 3.10. The highest BCUT2D eigenvalue weighted by Crippen LogP contribution is 2.37. The van der Waals surface area contributed by atoms with Gasteiger partial charge in [0, 0.05) is 50.9 Å². The molecule has 1 unspecified atom stereocenters. The molecule has 0 spiro atoms. The molecule has 2 saturated heterocycles. The highest BCUT2D eigenvalue weighted by molar-refractivity contribution is 6.15. The van der Waals surface area contributed by atoms with Crippen molar-refractivity contribution in [2.24, 2.45) is 0 Å². The van der Waals surface area contributed by atoms with Crippen LogP contribution < -0.4 is 26.1 Å². The Morgan fingerprint density at radius 3 is 2.39 bits per heavy atom. The number of halogens is 1. The molecule has 0 bridgehead atoms. The molecule has 44 heavy (non-hydrogen) atoms. The minimum absolute atomic E-state index is 0.0292. The van der Waals surface area contributed by atoms with Crippen molar-refractivity contribution >= 4 is 29.4 Å². The maximum absolute atomic E-state index is 15.5. The first-order valence-electron chi connectivity index (χ1n) is 14.2. The number of methoxy groups -OCH3 is 1. The van der Waals surface area contributed by atoms with Gasteiger partial charge in [0.15, 0.2) is 6.04 Å². The molecule has 2 aliphatic heterocycles. The zero-order valence-electron chi connectivity index (χ0n) is 25.2. The highest BCUT2D eigenvalue weighted by atomic mass is 19.1. The van der Waals surface area contributed by atoms with Crippen LogP contribution in [0.3, 0.4) is 0 Å². The Balaban J connectivity index is 1.41. The van der Waals surface area contributed by atoms with Crippen LogP contribution in [0.25, 0.3) is 22.3 Å². The number of hydrogen-bond acceptors (Lipinski definition) is 7. The van der Waals surface area contributed by atoms with Gasteiger partial charge in [-0.15, -0.1) is 0 Å². The standard InChI is InChI=1S/C32H35FN6O5/c1-17-21(19-12-25(33)24(27(13-19)44-5)16-34-20-14-28(40)35-15-20)8-6-9-22(17)23-10-7-11-26(18(23)2)36-30(41)29-31(42)38(3)32(43)39(4)37-29/h6-13,20,29,34,37H,14-16H2,1-5H3,(H,35,40)(H,36,41)/t20-,29?/m1/s1. The van der Waals surface area contributed by atoms with Crippen molar-refractivity contribution in [2.75, 3.05) is 33.1 Å². The highest BCUT2D eigenvalue weighted by Gasteiger charge is 2.39. The molecule has 3 aromatic rings. The van der Waals surface area contributed by atoms with Crippen molar-refractivity contribution in [2.45, 2.75) is 38.9 Å². The molecular weight excluding hydrogens is 567 g/mol. The largest absolute Gasteiger partial charge is 0.496 e. The van der Waals surface area contributed by atoms with E-state index >= 15 is 4.39 Å². The molecule has 0 aromatic heterocycles. The van der Waals surface area contributed by atoms with Crippen molar-refractivity contribution in [1.29, 1.82) is 0 Å². The van der Waals surface area contributed by atoms with Crippen LogP contribution in [0.2, 0.25) is 0 Å². The Labute approximate surface area is 254 Å². The lowest BCUT2D eigenvalue weighted by Crippen LogP contribution is -2.66. The van der Waals surface area contributed by atoms with Gasteiger partial charge < -0.3 is 20.7 Å². The van der Waals surface area contributed by atoms with Gasteiger partial charge in [-0.05, 0) is 65.4 Å². The van der Waals surface area contributed by atoms with Gasteiger partial charge in [0.25, 0.3) is 11.8 Å². The maximum Gasteiger partial charge on any atom is 0.340 e. The molecular formula is C32H35FN6O5. The number of likely N-dealkylation sites (N-methyl/N-ethyl adjacent to an activating group) is 1. The van der Waals surface area contributed by atoms with Crippen molar-refractivity contribution in [3.63, 3.8) is 0 Å². The fraction of sp³-hybridized carbons (Fsp3) is 0.312. The number of nitrogens with zero attached hydrogens (tertiary/aromatic N) is 2. The second kappa shape index (κ2) is 12.4. The first-order chi connectivity index (χ1) is 21.0. The van der Waals surface area contributed by atoms with Crippen LogP contribution in [-0.2, 0) is 20.9 Å². The Morgan fingerprint density at radius 2 is 1.70 bits per heavy atom. The fourth-order valence-electron chi connectivity index (χ4n) is 5.61. The second-order valence-corrected chi connectivity index (χ2v) is 11.0. The number of rotatable bonds is 8. The zero-order valence-corrected chi connectivity index (χ0v) is 25.2. The molecule has 5 amide bonds. The van der Waals surface area contributed by atoms with Gasteiger partial charge in [-0.1, -0.05) is 30.3 Å². The van der Waals surface area contributed by atoms with Crippen LogP contribution in [-0.4, -0.2) is 73.5 Å². The topological polar surface area (TPSA) is 132 Å². The number of amides is 5. The second-order valence-electron chi connectivity index (χ2n) is 11.0. The summed E-state index contributed by atoms with van der Waals surface area (Å²) in [6.45, 7) is 4.54. The molecule has 230 valence electrons. The summed E-state index contributed by atoms with van der Waals surface area (Å²) in [5, 5.41) is 9.91. The molecule has 0 saturated carbocycles. The van der Waals surface area contributed by atoms with Crippen molar-refractivity contribution in [3.8, 4) is 28.0 Å². The van der Waals surface area contributed by atoms with Crippen LogP contribution in [0.5, 0.6) is 5.75 Å². The SMILES string of the molecule is COc1cc(-c2cccc(-c3cccc(NC(=O)C4NN(C)C(=O)N(C)C4=O)c3C)c2C)cc(F)c1CN[C@H]1CNC(=O)C1. The molecule has 12 heteroatoms. The number of benzene rings is 3. The van der Waals surface area contributed by atoms with Gasteiger partial charge in [0.05, 0.1) is 7.11 Å². The summed E-state index contributed by atoms with van der Waals surface area (Å²) in [5.41, 5.74) is 8.38. The minimum atomic E-state index is -1.27. The van der Waals surface area contributed by atoms with Crippen LogP contribution in [0.4, 0.5) is 14.9 Å². The van der Waals surface area contributed by atoms with Crippen molar-refractivity contribution in [1.82, 2.24) is 26.0 Å². The van der Waals surface area contributed by atoms with E-state index in [1.165, 1.54) is 27.3 Å². The predicted molar refractivity (Wildman–Crippen MR) is 163 cm³/mol. The lowest BCUT2D eigenvalue weighted by molar-refractivity contribution is -0.139. The van der Waals surface area contributed by atoms with E-state index in [1.807, 2.05) is 38.1 Å². The van der Waals surface area contributed by atoms with E-state index in [4.69, 9.17) is 4.74 Å². The maximum atomic E-state index is 15.5. The van der Waals surface area contributed by atoms with E-state index in [1.54, 1.807) is 18.2 Å². The number of carbonyl (C=O) groups excluding carboxylic acids is 4. The van der Waals surface area contributed by atoms with Gasteiger partial charge in [-0.25, -0.2) is 14.6 Å². The van der Waals surface area contributed by atoms with Crippen molar-refractivity contribution < 1.29 is 28.3 Å². The van der Waals surface area contributed by atoms with Gasteiger partial charge in [-0.2, -0.15) is 0 Å². The molecule has 2 heterocycles. The van der Waals surface area contributed by atoms with Crippen LogP contribution >= 0.6 is 0 Å². The molecule has 4 N–H and O–H groups in total. The fourth-order valence-corrected chi connectivity index (χ4v) is 5.61. The number of nitrogens with one attached hydrogen (secondary N) is 4. The number of imide groups is 1. The molecule has 2 fully saturated rings. The lowest BCUT2D eigenvalue weighted by Gasteiger charge is -2.34. The van der Waals surface area contributed by atoms with Crippen LogP contribution in [0.1, 0.15) is 23.1 Å². The third-order valence-corrected chi connectivity index (χ3v) is 8.18. The Kier molecular flexibility index (Phi) is 8.66. The van der Waals surface area contributed by atoms with E-state index in [0.717, 1.165) is 37.7 Å². The molecule has 11 nitrogen and oxygen atoms in total. The summed E-state index contributed by atoms with van der Waals surface area (Å²) < 4.78 is 21.1. The average Bonchev–Trinajstić information content (AvgIpc) is 3.43. The molecule has 3 aromatic carbocycles. The van der Waals surface area contributed by atoms with E-state index < -0.39 is 29.7 Å². The van der Waals surface area contributed by atoms with E-state index in [2.05, 4.69) is 21.4 Å². The summed E-state index contributed by atoms with van der Waals surface area (Å²) in [6, 6.07) is 12.6. The van der Waals surface area contributed by atoms with Gasteiger partial charge >= 0.3 is 6.03 Å². The molecule has 5 rings (SSSR count). The Morgan fingerprint density at radius 1 is 1.02 bits per heavy atom. The average molecular weight is 603 g/mol. The summed E-state index contributed by atoms with van der Waals surface area (Å²) in [5.74, 6) is -1.30. The monoisotopic (exact) mass is 602 g/mol. The van der Waals surface area contributed by atoms with E-state index in [0.29, 0.717) is 35.5 Å². The molecule has 0 aliphatic carbocycles. The van der Waals surface area contributed by atoms with E-state index in [-0.39, 0.29) is 18.5 Å². The van der Waals surface area contributed by atoms with Gasteiger partial charge in [0.2, 0.25) is 5.91 Å². The summed E-state index contributed by atoms with van der Waals surface area (Å²) >= 11 is 0. The van der Waals surface area contributed by atoms with Gasteiger partial charge in [-0.3, -0.25) is 24.3 Å². The van der Waals surface area contributed by atoms with Crippen LogP contribution in [0, 0.1) is 19.7 Å². The minimum Gasteiger partial charge on any atom is -0.496 e. The first-order valence-corrected chi connectivity index (χ1v) is 14.2. The summed E-state index contributed by atoms with van der Waals surface area (Å²) in [7, 11) is 4.27. The number of hydrogen-bond donors (Lipinski definition) is 4. The number of ether oxygens (including phenoxy) is 1. The molecule has 0 radical (unpaired) electrons. The zero-order chi connectivity index (χ0) is 31.7. The quantitative estimate of drug-likeness (QED) is 0.292. The summed E-state index contributed by atoms with van der Waals surface area (Å²) in [4.78, 5) is 50.2. The smallest absolute Gasteiger partial charge is 0.340 e. The number of anilines is 1. The molecule has 2 aliphatic rings. The normalized spacial score (nSPS) is 18.5. The Bertz CT molecular complexity index is 1660. The van der Waals surface area contributed by atoms with E-state index in [9.17, 15) is 19.2 Å². The van der Waals surface area contributed by atoms with Crippen molar-refractivity contribution in [3.05, 3.63) is 71.0 Å². The number of urea groups is 1. The number of hydrazine groups is 1.